The number of hydrogen-bond donors (Lipinski definition) is 2. The van der Waals surface area contributed by atoms with Crippen LogP contribution in [0.3, 0.4) is 0 Å². The number of amides is 1. The van der Waals surface area contributed by atoms with Crippen LogP contribution in [-0.2, 0) is 24.2 Å². The smallest absolute Gasteiger partial charge is 0.240 e. The van der Waals surface area contributed by atoms with Crippen LogP contribution in [0.25, 0.3) is 0 Å². The zero-order valence-corrected chi connectivity index (χ0v) is 12.2. The van der Waals surface area contributed by atoms with Crippen molar-refractivity contribution in [1.29, 1.82) is 0 Å². The largest absolute Gasteiger partial charge is 0.350 e. The Kier molecular flexibility index (Phi) is 4.07. The number of carbonyl (C=O) groups excluding carboxylic acids is 1. The molecule has 1 aromatic rings. The predicted molar refractivity (Wildman–Crippen MR) is 75.9 cm³/mol. The monoisotopic (exact) mass is 266 g/mol. The van der Waals surface area contributed by atoms with Gasteiger partial charge in [0.15, 0.2) is 0 Å². The van der Waals surface area contributed by atoms with Gasteiger partial charge in [0, 0.05) is 9.75 Å². The number of fused-ring (bicyclic) bond motifs is 1. The van der Waals surface area contributed by atoms with Crippen LogP contribution >= 0.6 is 11.3 Å². The molecule has 0 radical (unpaired) electrons. The van der Waals surface area contributed by atoms with Crippen molar-refractivity contribution in [3.63, 3.8) is 0 Å². The minimum Gasteiger partial charge on any atom is -0.350 e. The van der Waals surface area contributed by atoms with Crippen LogP contribution in [0.15, 0.2) is 6.07 Å². The van der Waals surface area contributed by atoms with E-state index in [0.717, 1.165) is 6.54 Å². The molecule has 1 aliphatic carbocycles. The van der Waals surface area contributed by atoms with Gasteiger partial charge in [-0.2, -0.15) is 0 Å². The fourth-order valence-electron chi connectivity index (χ4n) is 2.39. The first-order valence-corrected chi connectivity index (χ1v) is 7.48. The first-order chi connectivity index (χ1) is 8.53. The van der Waals surface area contributed by atoms with Crippen LogP contribution in [0, 0.1) is 0 Å². The summed E-state index contributed by atoms with van der Waals surface area (Å²) in [5.41, 5.74) is 1.00. The van der Waals surface area contributed by atoms with Gasteiger partial charge in [0.25, 0.3) is 0 Å². The highest BCUT2D eigenvalue weighted by molar-refractivity contribution is 7.12. The highest BCUT2D eigenvalue weighted by Crippen LogP contribution is 2.30. The molecule has 0 atom stereocenters. The summed E-state index contributed by atoms with van der Waals surface area (Å²) in [5.74, 6) is 0.0675. The van der Waals surface area contributed by atoms with E-state index < -0.39 is 5.54 Å². The Balaban J connectivity index is 1.89. The Morgan fingerprint density at radius 1 is 1.44 bits per heavy atom. The molecule has 0 spiro atoms. The molecule has 100 valence electrons. The Labute approximate surface area is 113 Å². The van der Waals surface area contributed by atoms with E-state index in [4.69, 9.17) is 0 Å². The lowest BCUT2D eigenvalue weighted by molar-refractivity contribution is -0.126. The van der Waals surface area contributed by atoms with Gasteiger partial charge in [0.2, 0.25) is 5.91 Å². The second kappa shape index (κ2) is 5.41. The Morgan fingerprint density at radius 3 is 2.89 bits per heavy atom. The maximum absolute atomic E-state index is 12.0. The average molecular weight is 266 g/mol. The van der Waals surface area contributed by atoms with E-state index in [-0.39, 0.29) is 5.91 Å². The quantitative estimate of drug-likeness (QED) is 0.858. The Hall–Kier alpha value is -0.870. The third-order valence-electron chi connectivity index (χ3n) is 3.41. The van der Waals surface area contributed by atoms with Crippen molar-refractivity contribution in [2.24, 2.45) is 0 Å². The molecule has 3 nitrogen and oxygen atoms in total. The molecule has 2 rings (SSSR count). The van der Waals surface area contributed by atoms with Gasteiger partial charge in [-0.05, 0) is 51.3 Å². The molecular formula is C14H22N2OS. The van der Waals surface area contributed by atoms with Crippen molar-refractivity contribution >= 4 is 17.2 Å². The lowest BCUT2D eigenvalue weighted by atomic mass is 10.0. The maximum Gasteiger partial charge on any atom is 0.240 e. The molecule has 1 amide bonds. The van der Waals surface area contributed by atoms with Crippen molar-refractivity contribution in [2.45, 2.75) is 52.1 Å². The summed E-state index contributed by atoms with van der Waals surface area (Å²) in [6.45, 7) is 7.30. The summed E-state index contributed by atoms with van der Waals surface area (Å²) in [7, 11) is 0. The zero-order valence-electron chi connectivity index (χ0n) is 11.4. The zero-order chi connectivity index (χ0) is 13.2. The number of likely N-dealkylation sites (N-methyl/N-ethyl adjacent to an activating group) is 1. The first-order valence-electron chi connectivity index (χ1n) is 6.66. The lowest BCUT2D eigenvalue weighted by Gasteiger charge is -2.24. The lowest BCUT2D eigenvalue weighted by Crippen LogP contribution is -2.52. The second-order valence-electron chi connectivity index (χ2n) is 5.35. The van der Waals surface area contributed by atoms with E-state index in [1.54, 1.807) is 0 Å². The molecule has 0 saturated heterocycles. The SMILES string of the molecule is CCNC(C)(C)C(=O)NCc1cc2c(s1)CCC2. The van der Waals surface area contributed by atoms with Gasteiger partial charge in [-0.1, -0.05) is 6.92 Å². The van der Waals surface area contributed by atoms with E-state index in [2.05, 4.69) is 16.7 Å². The minimum absolute atomic E-state index is 0.0675. The number of hydrogen-bond acceptors (Lipinski definition) is 3. The number of nitrogens with one attached hydrogen (secondary N) is 2. The van der Waals surface area contributed by atoms with Gasteiger partial charge in [0.05, 0.1) is 12.1 Å². The fourth-order valence-corrected chi connectivity index (χ4v) is 3.59. The molecule has 18 heavy (non-hydrogen) atoms. The van der Waals surface area contributed by atoms with Crippen molar-refractivity contribution in [3.05, 3.63) is 21.4 Å². The number of aryl methyl sites for hydroxylation is 2. The molecule has 1 aromatic heterocycles. The molecule has 0 unspecified atom stereocenters. The molecule has 1 heterocycles. The number of carbonyl (C=O) groups is 1. The van der Waals surface area contributed by atoms with Gasteiger partial charge >= 0.3 is 0 Å². The Morgan fingerprint density at radius 2 is 2.22 bits per heavy atom. The fraction of sp³-hybridized carbons (Fsp3) is 0.643. The third kappa shape index (κ3) is 2.93. The summed E-state index contributed by atoms with van der Waals surface area (Å²) in [6, 6.07) is 2.26. The van der Waals surface area contributed by atoms with Crippen molar-refractivity contribution in [1.82, 2.24) is 10.6 Å². The number of rotatable bonds is 5. The average Bonchev–Trinajstić information content (AvgIpc) is 2.85. The summed E-state index contributed by atoms with van der Waals surface area (Å²) >= 11 is 1.85. The van der Waals surface area contributed by atoms with Crippen LogP contribution in [0.1, 0.15) is 42.5 Å². The van der Waals surface area contributed by atoms with Crippen LogP contribution in [0.2, 0.25) is 0 Å². The van der Waals surface area contributed by atoms with Crippen LogP contribution in [-0.4, -0.2) is 18.0 Å². The summed E-state index contributed by atoms with van der Waals surface area (Å²) in [6.07, 6.45) is 3.72. The highest BCUT2D eigenvalue weighted by atomic mass is 32.1. The maximum atomic E-state index is 12.0. The van der Waals surface area contributed by atoms with Gasteiger partial charge in [-0.3, -0.25) is 4.79 Å². The van der Waals surface area contributed by atoms with Gasteiger partial charge < -0.3 is 10.6 Å². The van der Waals surface area contributed by atoms with Crippen molar-refractivity contribution < 1.29 is 4.79 Å². The molecule has 4 heteroatoms. The molecular weight excluding hydrogens is 244 g/mol. The predicted octanol–water partition coefficient (Wildman–Crippen LogP) is 2.24. The van der Waals surface area contributed by atoms with Crippen LogP contribution < -0.4 is 10.6 Å². The Bertz CT molecular complexity index is 416. The van der Waals surface area contributed by atoms with E-state index in [1.165, 1.54) is 34.6 Å². The van der Waals surface area contributed by atoms with E-state index in [9.17, 15) is 4.79 Å². The topological polar surface area (TPSA) is 41.1 Å². The van der Waals surface area contributed by atoms with E-state index >= 15 is 0 Å². The molecule has 0 fully saturated rings. The summed E-state index contributed by atoms with van der Waals surface area (Å²) in [4.78, 5) is 14.8. The molecule has 0 bridgehead atoms. The molecule has 0 aromatic carbocycles. The van der Waals surface area contributed by atoms with Crippen LogP contribution in [0.5, 0.6) is 0 Å². The number of thiophene rings is 1. The summed E-state index contributed by atoms with van der Waals surface area (Å²) < 4.78 is 0. The summed E-state index contributed by atoms with van der Waals surface area (Å²) in [5, 5.41) is 6.21. The normalized spacial score (nSPS) is 14.6. The highest BCUT2D eigenvalue weighted by Gasteiger charge is 2.26. The van der Waals surface area contributed by atoms with Gasteiger partial charge in [0.1, 0.15) is 0 Å². The van der Waals surface area contributed by atoms with E-state index in [1.807, 2.05) is 32.1 Å². The van der Waals surface area contributed by atoms with Crippen molar-refractivity contribution in [3.8, 4) is 0 Å². The molecule has 0 aliphatic heterocycles. The van der Waals surface area contributed by atoms with Crippen molar-refractivity contribution in [2.75, 3.05) is 6.54 Å². The third-order valence-corrected chi connectivity index (χ3v) is 4.64. The van der Waals surface area contributed by atoms with E-state index in [0.29, 0.717) is 6.54 Å². The molecule has 0 saturated carbocycles. The van der Waals surface area contributed by atoms with Gasteiger partial charge in [-0.25, -0.2) is 0 Å². The second-order valence-corrected chi connectivity index (χ2v) is 6.57. The first kappa shape index (κ1) is 13.6. The van der Waals surface area contributed by atoms with Crippen LogP contribution in [0.4, 0.5) is 0 Å². The standard InChI is InChI=1S/C14H22N2OS/c1-4-16-14(2,3)13(17)15-9-11-8-10-6-5-7-12(10)18-11/h8,16H,4-7,9H2,1-3H3,(H,15,17). The van der Waals surface area contributed by atoms with Gasteiger partial charge in [-0.15, -0.1) is 11.3 Å². The molecule has 1 aliphatic rings. The minimum atomic E-state index is -0.491. The molecule has 2 N–H and O–H groups in total.